The van der Waals surface area contributed by atoms with E-state index in [0.29, 0.717) is 5.56 Å². The molecule has 2 amide bonds. The molecule has 0 unspecified atom stereocenters. The van der Waals surface area contributed by atoms with Gasteiger partial charge in [-0.2, -0.15) is 0 Å². The van der Waals surface area contributed by atoms with Gasteiger partial charge in [0, 0.05) is 12.0 Å². The van der Waals surface area contributed by atoms with E-state index in [1.165, 1.54) is 6.92 Å². The molecule has 0 aliphatic heterocycles. The molecule has 2 rings (SSSR count). The molecular formula is C17H18N2O3. The zero-order valence-corrected chi connectivity index (χ0v) is 12.3. The molecular weight excluding hydrogens is 280 g/mol. The van der Waals surface area contributed by atoms with Crippen LogP contribution < -0.4 is 11.1 Å². The number of nitrogens with two attached hydrogens (primary N) is 1. The van der Waals surface area contributed by atoms with E-state index in [1.807, 2.05) is 30.3 Å². The van der Waals surface area contributed by atoms with Crippen molar-refractivity contribution in [1.29, 1.82) is 0 Å². The highest BCUT2D eigenvalue weighted by molar-refractivity contribution is 6.00. The Balaban J connectivity index is 2.14. The van der Waals surface area contributed by atoms with E-state index in [-0.39, 0.29) is 24.5 Å². The standard InChI is InChI=1S/C17H18N2O3/c1-11(20)6-9-15(16(18)21)19-17(22)14-8-7-12-4-2-3-5-13(12)10-14/h2-5,7-8,10,15H,6,9H2,1H3,(H2,18,21)(H,19,22)/t15-/m0/s1. The van der Waals surface area contributed by atoms with Crippen LogP contribution >= 0.6 is 0 Å². The van der Waals surface area contributed by atoms with E-state index in [9.17, 15) is 14.4 Å². The number of carbonyl (C=O) groups is 3. The first kappa shape index (κ1) is 15.7. The first-order valence-electron chi connectivity index (χ1n) is 7.06. The van der Waals surface area contributed by atoms with Gasteiger partial charge in [0.15, 0.2) is 0 Å². The van der Waals surface area contributed by atoms with Gasteiger partial charge < -0.3 is 15.8 Å². The maximum Gasteiger partial charge on any atom is 0.251 e. The lowest BCUT2D eigenvalue weighted by atomic mass is 10.1. The average Bonchev–Trinajstić information content (AvgIpc) is 2.50. The van der Waals surface area contributed by atoms with Crippen molar-refractivity contribution in [2.45, 2.75) is 25.8 Å². The van der Waals surface area contributed by atoms with Crippen LogP contribution in [0.3, 0.4) is 0 Å². The van der Waals surface area contributed by atoms with Gasteiger partial charge in [-0.3, -0.25) is 9.59 Å². The highest BCUT2D eigenvalue weighted by Crippen LogP contribution is 2.15. The third-order valence-corrected chi connectivity index (χ3v) is 3.45. The number of carbonyl (C=O) groups excluding carboxylic acids is 3. The number of ketones is 1. The van der Waals surface area contributed by atoms with Gasteiger partial charge in [-0.05, 0) is 36.2 Å². The topological polar surface area (TPSA) is 89.3 Å². The SMILES string of the molecule is CC(=O)CC[C@H](NC(=O)c1ccc2ccccc2c1)C(N)=O. The summed E-state index contributed by atoms with van der Waals surface area (Å²) in [4.78, 5) is 34.6. The van der Waals surface area contributed by atoms with Crippen LogP contribution in [0.25, 0.3) is 10.8 Å². The molecule has 0 fully saturated rings. The second-order valence-corrected chi connectivity index (χ2v) is 5.23. The van der Waals surface area contributed by atoms with E-state index >= 15 is 0 Å². The molecule has 0 saturated carbocycles. The minimum absolute atomic E-state index is 0.0498. The lowest BCUT2D eigenvalue weighted by Crippen LogP contribution is -2.44. The van der Waals surface area contributed by atoms with Gasteiger partial charge in [-0.1, -0.05) is 30.3 Å². The van der Waals surface area contributed by atoms with Crippen LogP contribution in [0, 0.1) is 0 Å². The van der Waals surface area contributed by atoms with Gasteiger partial charge in [0.2, 0.25) is 5.91 Å². The zero-order valence-electron chi connectivity index (χ0n) is 12.3. The van der Waals surface area contributed by atoms with Gasteiger partial charge in [-0.25, -0.2) is 0 Å². The van der Waals surface area contributed by atoms with Crippen molar-refractivity contribution in [2.24, 2.45) is 5.73 Å². The molecule has 0 bridgehead atoms. The smallest absolute Gasteiger partial charge is 0.251 e. The Hall–Kier alpha value is -2.69. The normalized spacial score (nSPS) is 11.9. The van der Waals surface area contributed by atoms with E-state index in [0.717, 1.165) is 10.8 Å². The summed E-state index contributed by atoms with van der Waals surface area (Å²) in [6, 6.07) is 12.1. The van der Waals surface area contributed by atoms with Crippen LogP contribution in [0.2, 0.25) is 0 Å². The molecule has 0 spiro atoms. The van der Waals surface area contributed by atoms with Gasteiger partial charge in [-0.15, -0.1) is 0 Å². The van der Waals surface area contributed by atoms with Gasteiger partial charge in [0.25, 0.3) is 5.91 Å². The van der Waals surface area contributed by atoms with Crippen LogP contribution in [-0.2, 0) is 9.59 Å². The molecule has 0 saturated heterocycles. The number of benzene rings is 2. The second kappa shape index (κ2) is 6.85. The van der Waals surface area contributed by atoms with Crippen LogP contribution in [-0.4, -0.2) is 23.6 Å². The van der Waals surface area contributed by atoms with Crippen LogP contribution in [0.5, 0.6) is 0 Å². The lowest BCUT2D eigenvalue weighted by molar-refractivity contribution is -0.120. The molecule has 0 aromatic heterocycles. The third-order valence-electron chi connectivity index (χ3n) is 3.45. The van der Waals surface area contributed by atoms with Crippen LogP contribution in [0.4, 0.5) is 0 Å². The Morgan fingerprint density at radius 2 is 1.77 bits per heavy atom. The number of hydrogen-bond donors (Lipinski definition) is 2. The highest BCUT2D eigenvalue weighted by atomic mass is 16.2. The summed E-state index contributed by atoms with van der Waals surface area (Å²) in [7, 11) is 0. The maximum atomic E-state index is 12.2. The summed E-state index contributed by atoms with van der Waals surface area (Å²) in [6.45, 7) is 1.43. The fourth-order valence-electron chi connectivity index (χ4n) is 2.21. The Morgan fingerprint density at radius 3 is 2.41 bits per heavy atom. The van der Waals surface area contributed by atoms with Gasteiger partial charge in [0.1, 0.15) is 11.8 Å². The Morgan fingerprint density at radius 1 is 1.09 bits per heavy atom. The number of hydrogen-bond acceptors (Lipinski definition) is 3. The summed E-state index contributed by atoms with van der Waals surface area (Å²) < 4.78 is 0. The molecule has 0 radical (unpaired) electrons. The molecule has 0 heterocycles. The second-order valence-electron chi connectivity index (χ2n) is 5.23. The van der Waals surface area contributed by atoms with Gasteiger partial charge >= 0.3 is 0 Å². The average molecular weight is 298 g/mol. The van der Waals surface area contributed by atoms with E-state index < -0.39 is 11.9 Å². The third kappa shape index (κ3) is 3.91. The fraction of sp³-hybridized carbons (Fsp3) is 0.235. The predicted octanol–water partition coefficient (Wildman–Crippen LogP) is 1.79. The lowest BCUT2D eigenvalue weighted by Gasteiger charge is -2.15. The molecule has 0 aliphatic rings. The fourth-order valence-corrected chi connectivity index (χ4v) is 2.21. The van der Waals surface area contributed by atoms with Crippen molar-refractivity contribution < 1.29 is 14.4 Å². The predicted molar refractivity (Wildman–Crippen MR) is 84.3 cm³/mol. The molecule has 22 heavy (non-hydrogen) atoms. The molecule has 0 aliphatic carbocycles. The largest absolute Gasteiger partial charge is 0.368 e. The molecule has 114 valence electrons. The molecule has 2 aromatic rings. The highest BCUT2D eigenvalue weighted by Gasteiger charge is 2.19. The molecule has 5 nitrogen and oxygen atoms in total. The van der Waals surface area contributed by atoms with Crippen molar-refractivity contribution in [1.82, 2.24) is 5.32 Å². The first-order chi connectivity index (χ1) is 10.5. The van der Waals surface area contributed by atoms with E-state index in [4.69, 9.17) is 5.73 Å². The molecule has 1 atom stereocenters. The number of fused-ring (bicyclic) bond motifs is 1. The van der Waals surface area contributed by atoms with E-state index in [2.05, 4.69) is 5.32 Å². The summed E-state index contributed by atoms with van der Waals surface area (Å²) in [5.41, 5.74) is 5.73. The summed E-state index contributed by atoms with van der Waals surface area (Å²) in [5.74, 6) is -1.07. The van der Waals surface area contributed by atoms with Crippen LogP contribution in [0.15, 0.2) is 42.5 Å². The van der Waals surface area contributed by atoms with Crippen molar-refractivity contribution in [2.75, 3.05) is 0 Å². The number of nitrogens with one attached hydrogen (secondary N) is 1. The Bertz CT molecular complexity index is 725. The van der Waals surface area contributed by atoms with Crippen molar-refractivity contribution in [3.63, 3.8) is 0 Å². The molecule has 2 aromatic carbocycles. The summed E-state index contributed by atoms with van der Waals surface area (Å²) in [5, 5.41) is 4.56. The number of amides is 2. The maximum absolute atomic E-state index is 12.2. The summed E-state index contributed by atoms with van der Waals surface area (Å²) >= 11 is 0. The monoisotopic (exact) mass is 298 g/mol. The van der Waals surface area contributed by atoms with Crippen LogP contribution in [0.1, 0.15) is 30.1 Å². The van der Waals surface area contributed by atoms with Crippen molar-refractivity contribution in [3.8, 4) is 0 Å². The Kier molecular flexibility index (Phi) is 4.88. The zero-order chi connectivity index (χ0) is 16.1. The first-order valence-corrected chi connectivity index (χ1v) is 7.06. The molecule has 3 N–H and O–H groups in total. The summed E-state index contributed by atoms with van der Waals surface area (Å²) in [6.07, 6.45) is 0.412. The number of Topliss-reactive ketones (excluding diaryl/α,β-unsaturated/α-hetero) is 1. The van der Waals surface area contributed by atoms with Crippen molar-refractivity contribution in [3.05, 3.63) is 48.0 Å². The minimum atomic E-state index is -0.845. The van der Waals surface area contributed by atoms with Crippen molar-refractivity contribution >= 4 is 28.4 Å². The molecule has 5 heteroatoms. The quantitative estimate of drug-likeness (QED) is 0.852. The van der Waals surface area contributed by atoms with Gasteiger partial charge in [0.05, 0.1) is 0 Å². The minimum Gasteiger partial charge on any atom is -0.368 e. The number of primary amides is 1. The van der Waals surface area contributed by atoms with E-state index in [1.54, 1.807) is 12.1 Å². The number of rotatable bonds is 6. The Labute approximate surface area is 128 Å².